The van der Waals surface area contributed by atoms with Crippen molar-refractivity contribution in [2.45, 2.75) is 64.9 Å². The number of carboxylic acid groups (broad SMARTS) is 1. The van der Waals surface area contributed by atoms with Crippen molar-refractivity contribution >= 4 is 11.9 Å². The topological polar surface area (TPSA) is 63.6 Å². The molecule has 1 unspecified atom stereocenters. The Balaban J connectivity index is 3.87. The molecule has 0 aliphatic carbocycles. The molecule has 0 aliphatic rings. The fraction of sp³-hybridized carbons (Fsp3) is 0.714. The Kier molecular flexibility index (Phi) is 10.0. The zero-order chi connectivity index (χ0) is 13.8. The normalized spacial score (nSPS) is 12.6. The third-order valence-electron chi connectivity index (χ3n) is 2.46. The Morgan fingerprint density at radius 2 is 1.89 bits per heavy atom. The maximum Gasteiger partial charge on any atom is 0.306 e. The predicted molar refractivity (Wildman–Crippen MR) is 70.3 cm³/mol. The quantitative estimate of drug-likeness (QED) is 0.370. The van der Waals surface area contributed by atoms with Gasteiger partial charge in [0, 0.05) is 12.8 Å². The first-order chi connectivity index (χ1) is 8.60. The van der Waals surface area contributed by atoms with Crippen LogP contribution in [0.3, 0.4) is 0 Å². The molecule has 0 heterocycles. The molecule has 0 aromatic carbocycles. The summed E-state index contributed by atoms with van der Waals surface area (Å²) in [5.41, 5.74) is 0. The third-order valence-corrected chi connectivity index (χ3v) is 2.46. The first-order valence-electron chi connectivity index (χ1n) is 6.68. The van der Waals surface area contributed by atoms with Crippen LogP contribution in [-0.4, -0.2) is 23.1 Å². The number of ether oxygens (including phenoxy) is 1. The highest BCUT2D eigenvalue weighted by molar-refractivity contribution is 5.70. The second-order valence-electron chi connectivity index (χ2n) is 4.25. The monoisotopic (exact) mass is 256 g/mol. The lowest BCUT2D eigenvalue weighted by Crippen LogP contribution is -2.15. The van der Waals surface area contributed by atoms with Crippen molar-refractivity contribution in [3.05, 3.63) is 12.2 Å². The summed E-state index contributed by atoms with van der Waals surface area (Å²) in [6.45, 7) is 4.08. The molecule has 1 N–H and O–H groups in total. The molecule has 0 aromatic rings. The molecule has 0 saturated heterocycles. The summed E-state index contributed by atoms with van der Waals surface area (Å²) in [5.74, 6) is -1.06. The maximum absolute atomic E-state index is 11.5. The molecule has 18 heavy (non-hydrogen) atoms. The summed E-state index contributed by atoms with van der Waals surface area (Å²) in [6, 6.07) is 0. The van der Waals surface area contributed by atoms with E-state index in [2.05, 4.69) is 0 Å². The Bertz CT molecular complexity index is 271. The van der Waals surface area contributed by atoms with E-state index in [0.717, 1.165) is 19.3 Å². The second kappa shape index (κ2) is 10.8. The van der Waals surface area contributed by atoms with Gasteiger partial charge in [0.15, 0.2) is 0 Å². The zero-order valence-electron chi connectivity index (χ0n) is 11.4. The highest BCUT2D eigenvalue weighted by atomic mass is 16.5. The van der Waals surface area contributed by atoms with Gasteiger partial charge in [-0.1, -0.05) is 26.3 Å². The number of allylic oxidation sites excluding steroid dienone is 1. The summed E-state index contributed by atoms with van der Waals surface area (Å²) >= 11 is 0. The average Bonchev–Trinajstić information content (AvgIpc) is 2.31. The molecule has 0 bridgehead atoms. The van der Waals surface area contributed by atoms with E-state index in [-0.39, 0.29) is 18.5 Å². The van der Waals surface area contributed by atoms with Crippen LogP contribution in [0.2, 0.25) is 0 Å². The Morgan fingerprint density at radius 1 is 1.22 bits per heavy atom. The van der Waals surface area contributed by atoms with E-state index >= 15 is 0 Å². The molecule has 0 aliphatic heterocycles. The maximum atomic E-state index is 11.5. The van der Waals surface area contributed by atoms with E-state index in [1.807, 2.05) is 26.0 Å². The van der Waals surface area contributed by atoms with Gasteiger partial charge in [0.1, 0.15) is 6.10 Å². The largest absolute Gasteiger partial charge is 0.481 e. The van der Waals surface area contributed by atoms with Crippen LogP contribution in [0.25, 0.3) is 0 Å². The van der Waals surface area contributed by atoms with Crippen molar-refractivity contribution in [1.29, 1.82) is 0 Å². The SMILES string of the molecule is CCC=CC(CCC)OC(=O)CCCCC(=O)O. The number of hydrogen-bond acceptors (Lipinski definition) is 3. The number of carboxylic acids is 1. The van der Waals surface area contributed by atoms with Crippen LogP contribution in [0.1, 0.15) is 58.8 Å². The molecular weight excluding hydrogens is 232 g/mol. The van der Waals surface area contributed by atoms with Gasteiger partial charge >= 0.3 is 11.9 Å². The van der Waals surface area contributed by atoms with Crippen molar-refractivity contribution in [3.63, 3.8) is 0 Å². The standard InChI is InChI=1S/C14H24O4/c1-3-5-9-12(8-4-2)18-14(17)11-7-6-10-13(15)16/h5,9,12H,3-4,6-8,10-11H2,1-2H3,(H,15,16). The van der Waals surface area contributed by atoms with Crippen molar-refractivity contribution in [2.24, 2.45) is 0 Å². The van der Waals surface area contributed by atoms with Crippen LogP contribution in [0.5, 0.6) is 0 Å². The minimum Gasteiger partial charge on any atom is -0.481 e. The van der Waals surface area contributed by atoms with Crippen molar-refractivity contribution in [3.8, 4) is 0 Å². The molecule has 0 aromatic heterocycles. The number of carbonyl (C=O) groups excluding carboxylic acids is 1. The fourth-order valence-corrected chi connectivity index (χ4v) is 1.54. The van der Waals surface area contributed by atoms with Crippen LogP contribution in [0, 0.1) is 0 Å². The molecule has 0 spiro atoms. The highest BCUT2D eigenvalue weighted by Gasteiger charge is 2.10. The lowest BCUT2D eigenvalue weighted by molar-refractivity contribution is -0.147. The number of carbonyl (C=O) groups is 2. The fourth-order valence-electron chi connectivity index (χ4n) is 1.54. The third kappa shape index (κ3) is 9.87. The van der Waals surface area contributed by atoms with E-state index in [9.17, 15) is 9.59 Å². The molecule has 0 radical (unpaired) electrons. The molecule has 4 heteroatoms. The molecule has 0 amide bonds. The Hall–Kier alpha value is -1.32. The predicted octanol–water partition coefficient (Wildman–Crippen LogP) is 3.31. The lowest BCUT2D eigenvalue weighted by Gasteiger charge is -2.13. The molecule has 0 fully saturated rings. The summed E-state index contributed by atoms with van der Waals surface area (Å²) in [6.07, 6.45) is 8.02. The summed E-state index contributed by atoms with van der Waals surface area (Å²) in [4.78, 5) is 21.8. The smallest absolute Gasteiger partial charge is 0.306 e. The number of aliphatic carboxylic acids is 1. The van der Waals surface area contributed by atoms with Crippen molar-refractivity contribution in [2.75, 3.05) is 0 Å². The van der Waals surface area contributed by atoms with Gasteiger partial charge in [-0.15, -0.1) is 0 Å². The zero-order valence-corrected chi connectivity index (χ0v) is 11.4. The Morgan fingerprint density at radius 3 is 2.44 bits per heavy atom. The van der Waals surface area contributed by atoms with Gasteiger partial charge in [-0.2, -0.15) is 0 Å². The van der Waals surface area contributed by atoms with E-state index in [0.29, 0.717) is 19.3 Å². The van der Waals surface area contributed by atoms with Crippen LogP contribution >= 0.6 is 0 Å². The van der Waals surface area contributed by atoms with E-state index in [1.165, 1.54) is 0 Å². The second-order valence-corrected chi connectivity index (χ2v) is 4.25. The summed E-state index contributed by atoms with van der Waals surface area (Å²) in [5, 5.41) is 8.47. The minimum absolute atomic E-state index is 0.113. The lowest BCUT2D eigenvalue weighted by atomic mass is 10.1. The van der Waals surface area contributed by atoms with Gasteiger partial charge < -0.3 is 9.84 Å². The number of unbranched alkanes of at least 4 members (excludes halogenated alkanes) is 1. The molecular formula is C14H24O4. The first-order valence-corrected chi connectivity index (χ1v) is 6.68. The van der Waals surface area contributed by atoms with Crippen LogP contribution < -0.4 is 0 Å². The van der Waals surface area contributed by atoms with E-state index in [1.54, 1.807) is 0 Å². The number of esters is 1. The van der Waals surface area contributed by atoms with Crippen molar-refractivity contribution < 1.29 is 19.4 Å². The first kappa shape index (κ1) is 16.7. The minimum atomic E-state index is -0.821. The molecule has 1 atom stereocenters. The molecule has 4 nitrogen and oxygen atoms in total. The van der Waals surface area contributed by atoms with Gasteiger partial charge in [0.25, 0.3) is 0 Å². The van der Waals surface area contributed by atoms with E-state index < -0.39 is 5.97 Å². The van der Waals surface area contributed by atoms with Gasteiger partial charge in [0.2, 0.25) is 0 Å². The van der Waals surface area contributed by atoms with Gasteiger partial charge in [-0.3, -0.25) is 9.59 Å². The molecule has 104 valence electrons. The number of hydrogen-bond donors (Lipinski definition) is 1. The molecule has 0 saturated carbocycles. The molecule has 0 rings (SSSR count). The van der Waals surface area contributed by atoms with Gasteiger partial charge in [0.05, 0.1) is 0 Å². The average molecular weight is 256 g/mol. The summed E-state index contributed by atoms with van der Waals surface area (Å²) in [7, 11) is 0. The van der Waals surface area contributed by atoms with Crippen LogP contribution in [0.15, 0.2) is 12.2 Å². The van der Waals surface area contributed by atoms with E-state index in [4.69, 9.17) is 9.84 Å². The van der Waals surface area contributed by atoms with Gasteiger partial charge in [-0.05, 0) is 31.8 Å². The highest BCUT2D eigenvalue weighted by Crippen LogP contribution is 2.08. The van der Waals surface area contributed by atoms with Crippen molar-refractivity contribution in [1.82, 2.24) is 0 Å². The Labute approximate surface area is 109 Å². The van der Waals surface area contributed by atoms with Crippen LogP contribution in [0.4, 0.5) is 0 Å². The van der Waals surface area contributed by atoms with Crippen LogP contribution in [-0.2, 0) is 14.3 Å². The van der Waals surface area contributed by atoms with Gasteiger partial charge in [-0.25, -0.2) is 0 Å². The number of rotatable bonds is 10. The summed E-state index contributed by atoms with van der Waals surface area (Å²) < 4.78 is 5.33.